The van der Waals surface area contributed by atoms with Crippen molar-refractivity contribution in [1.29, 1.82) is 0 Å². The number of hydrogen-bond acceptors (Lipinski definition) is 4. The molecule has 0 spiro atoms. The normalized spacial score (nSPS) is 12.8. The minimum absolute atomic E-state index is 0.368. The van der Waals surface area contributed by atoms with Crippen LogP contribution in [0.4, 0.5) is 4.39 Å². The average molecular weight is 238 g/mol. The van der Waals surface area contributed by atoms with Crippen LogP contribution < -0.4 is 0 Å². The van der Waals surface area contributed by atoms with E-state index >= 15 is 0 Å². The number of pyridine rings is 1. The molecule has 84 valence electrons. The van der Waals surface area contributed by atoms with E-state index in [1.165, 1.54) is 17.4 Å². The Morgan fingerprint density at radius 2 is 2.19 bits per heavy atom. The zero-order chi connectivity index (χ0) is 11.7. The van der Waals surface area contributed by atoms with Gasteiger partial charge >= 0.3 is 0 Å². The van der Waals surface area contributed by atoms with E-state index in [0.717, 1.165) is 16.8 Å². The lowest BCUT2D eigenvalue weighted by atomic mass is 10.3. The second-order valence-electron chi connectivity index (χ2n) is 3.51. The van der Waals surface area contributed by atoms with Crippen LogP contribution in [0.5, 0.6) is 0 Å². The SMILES string of the molecule is Cc1nc(-c2ccc(F)cn2)sc1C(C)O. The Hall–Kier alpha value is -1.33. The monoisotopic (exact) mass is 238 g/mol. The van der Waals surface area contributed by atoms with Crippen molar-refractivity contribution in [1.82, 2.24) is 9.97 Å². The van der Waals surface area contributed by atoms with Crippen molar-refractivity contribution in [3.8, 4) is 10.7 Å². The molecule has 1 N–H and O–H groups in total. The summed E-state index contributed by atoms with van der Waals surface area (Å²) in [6, 6.07) is 2.93. The fourth-order valence-electron chi connectivity index (χ4n) is 1.41. The molecule has 16 heavy (non-hydrogen) atoms. The number of rotatable bonds is 2. The van der Waals surface area contributed by atoms with E-state index in [1.54, 1.807) is 13.0 Å². The number of aliphatic hydroxyl groups excluding tert-OH is 1. The summed E-state index contributed by atoms with van der Waals surface area (Å²) in [6.45, 7) is 3.54. The van der Waals surface area contributed by atoms with Crippen molar-refractivity contribution in [3.05, 3.63) is 34.7 Å². The van der Waals surface area contributed by atoms with Gasteiger partial charge in [-0.2, -0.15) is 0 Å². The summed E-state index contributed by atoms with van der Waals surface area (Å²) in [5.41, 5.74) is 1.42. The first-order chi connectivity index (χ1) is 7.58. The van der Waals surface area contributed by atoms with Crippen LogP contribution in [0, 0.1) is 12.7 Å². The quantitative estimate of drug-likeness (QED) is 0.875. The van der Waals surface area contributed by atoms with Gasteiger partial charge in [0.15, 0.2) is 0 Å². The first kappa shape index (κ1) is 11.2. The second kappa shape index (κ2) is 4.27. The fraction of sp³-hybridized carbons (Fsp3) is 0.273. The summed E-state index contributed by atoms with van der Waals surface area (Å²) < 4.78 is 12.7. The Kier molecular flexibility index (Phi) is 2.98. The molecule has 2 aromatic rings. The summed E-state index contributed by atoms with van der Waals surface area (Å²) in [5.74, 6) is -0.368. The van der Waals surface area contributed by atoms with Crippen molar-refractivity contribution in [2.24, 2.45) is 0 Å². The first-order valence-electron chi connectivity index (χ1n) is 4.85. The molecule has 0 aliphatic carbocycles. The number of halogens is 1. The van der Waals surface area contributed by atoms with Gasteiger partial charge in [0, 0.05) is 0 Å². The summed E-state index contributed by atoms with van der Waals surface area (Å²) in [6.07, 6.45) is 0.625. The molecule has 0 amide bonds. The van der Waals surface area contributed by atoms with E-state index in [4.69, 9.17) is 0 Å². The third kappa shape index (κ3) is 2.10. The molecule has 1 unspecified atom stereocenters. The summed E-state index contributed by atoms with van der Waals surface area (Å²) in [7, 11) is 0. The third-order valence-corrected chi connectivity index (χ3v) is 3.51. The Morgan fingerprint density at radius 1 is 1.44 bits per heavy atom. The van der Waals surface area contributed by atoms with E-state index in [9.17, 15) is 9.50 Å². The highest BCUT2D eigenvalue weighted by Crippen LogP contribution is 2.30. The van der Waals surface area contributed by atoms with Gasteiger partial charge in [0.25, 0.3) is 0 Å². The summed E-state index contributed by atoms with van der Waals surface area (Å²) in [4.78, 5) is 9.08. The molecule has 2 aromatic heterocycles. The predicted octanol–water partition coefficient (Wildman–Crippen LogP) is 2.71. The molecule has 2 rings (SSSR count). The lowest BCUT2D eigenvalue weighted by Gasteiger charge is -1.98. The fourth-order valence-corrected chi connectivity index (χ4v) is 2.39. The molecule has 0 radical (unpaired) electrons. The molecule has 2 heterocycles. The maximum absolute atomic E-state index is 12.7. The van der Waals surface area contributed by atoms with E-state index in [0.29, 0.717) is 10.7 Å². The zero-order valence-corrected chi connectivity index (χ0v) is 9.75. The van der Waals surface area contributed by atoms with Crippen LogP contribution in [-0.2, 0) is 0 Å². The molecule has 1 atom stereocenters. The molecular formula is C11H11FN2OS. The lowest BCUT2D eigenvalue weighted by molar-refractivity contribution is 0.202. The topological polar surface area (TPSA) is 46.0 Å². The second-order valence-corrected chi connectivity index (χ2v) is 4.54. The molecule has 0 aromatic carbocycles. The molecular weight excluding hydrogens is 227 g/mol. The van der Waals surface area contributed by atoms with Crippen LogP contribution in [0.3, 0.4) is 0 Å². The van der Waals surface area contributed by atoms with Crippen molar-refractivity contribution in [2.75, 3.05) is 0 Å². The molecule has 0 saturated carbocycles. The third-order valence-electron chi connectivity index (χ3n) is 2.16. The highest BCUT2D eigenvalue weighted by Gasteiger charge is 2.13. The standard InChI is InChI=1S/C11H11FN2OS/c1-6-10(7(2)15)16-11(14-6)9-4-3-8(12)5-13-9/h3-5,7,15H,1-2H3. The maximum atomic E-state index is 12.7. The number of aliphatic hydroxyl groups is 1. The minimum Gasteiger partial charge on any atom is -0.388 e. The Labute approximate surface area is 96.6 Å². The number of aromatic nitrogens is 2. The maximum Gasteiger partial charge on any atom is 0.142 e. The van der Waals surface area contributed by atoms with E-state index < -0.39 is 6.10 Å². The van der Waals surface area contributed by atoms with E-state index in [2.05, 4.69) is 9.97 Å². The molecule has 0 fully saturated rings. The summed E-state index contributed by atoms with van der Waals surface area (Å²) >= 11 is 1.38. The Bertz CT molecular complexity index is 493. The van der Waals surface area contributed by atoms with Crippen LogP contribution in [0.1, 0.15) is 23.6 Å². The molecule has 5 heteroatoms. The summed E-state index contributed by atoms with van der Waals surface area (Å²) in [5, 5.41) is 10.2. The van der Waals surface area contributed by atoms with Crippen molar-refractivity contribution >= 4 is 11.3 Å². The van der Waals surface area contributed by atoms with Crippen LogP contribution in [-0.4, -0.2) is 15.1 Å². The zero-order valence-electron chi connectivity index (χ0n) is 8.94. The van der Waals surface area contributed by atoms with Crippen LogP contribution in [0.15, 0.2) is 18.3 Å². The van der Waals surface area contributed by atoms with Gasteiger partial charge < -0.3 is 5.11 Å². The van der Waals surface area contributed by atoms with Crippen LogP contribution >= 0.6 is 11.3 Å². The van der Waals surface area contributed by atoms with Gasteiger partial charge in [-0.05, 0) is 26.0 Å². The Morgan fingerprint density at radius 3 is 2.69 bits per heavy atom. The minimum atomic E-state index is -0.535. The van der Waals surface area contributed by atoms with Gasteiger partial charge in [-0.3, -0.25) is 4.98 Å². The highest BCUT2D eigenvalue weighted by atomic mass is 32.1. The highest BCUT2D eigenvalue weighted by molar-refractivity contribution is 7.15. The molecule has 0 bridgehead atoms. The smallest absolute Gasteiger partial charge is 0.142 e. The molecule has 0 aliphatic heterocycles. The van der Waals surface area contributed by atoms with E-state index in [1.807, 2.05) is 6.92 Å². The van der Waals surface area contributed by atoms with Crippen molar-refractivity contribution in [3.63, 3.8) is 0 Å². The van der Waals surface area contributed by atoms with Gasteiger partial charge in [0.05, 0.1) is 28.6 Å². The Balaban J connectivity index is 2.41. The van der Waals surface area contributed by atoms with Crippen molar-refractivity contribution < 1.29 is 9.50 Å². The largest absolute Gasteiger partial charge is 0.388 e. The first-order valence-corrected chi connectivity index (χ1v) is 5.67. The van der Waals surface area contributed by atoms with Crippen molar-refractivity contribution in [2.45, 2.75) is 20.0 Å². The number of thiazole rings is 1. The average Bonchev–Trinajstić information content (AvgIpc) is 2.61. The molecule has 0 saturated heterocycles. The number of nitrogens with zero attached hydrogens (tertiary/aromatic N) is 2. The van der Waals surface area contributed by atoms with E-state index in [-0.39, 0.29) is 5.82 Å². The van der Waals surface area contributed by atoms with Gasteiger partial charge in [0.1, 0.15) is 10.8 Å². The van der Waals surface area contributed by atoms with Gasteiger partial charge in [0.2, 0.25) is 0 Å². The number of hydrogen-bond donors (Lipinski definition) is 1. The van der Waals surface area contributed by atoms with Gasteiger partial charge in [-0.1, -0.05) is 0 Å². The van der Waals surface area contributed by atoms with Crippen LogP contribution in [0.25, 0.3) is 10.7 Å². The number of aryl methyl sites for hydroxylation is 1. The van der Waals surface area contributed by atoms with Crippen LogP contribution in [0.2, 0.25) is 0 Å². The van der Waals surface area contributed by atoms with Gasteiger partial charge in [-0.25, -0.2) is 9.37 Å². The predicted molar refractivity (Wildman–Crippen MR) is 60.7 cm³/mol. The molecule has 0 aliphatic rings. The molecule has 3 nitrogen and oxygen atoms in total. The van der Waals surface area contributed by atoms with Gasteiger partial charge in [-0.15, -0.1) is 11.3 Å². The lowest BCUT2D eigenvalue weighted by Crippen LogP contribution is -1.88.